The Morgan fingerprint density at radius 1 is 1.61 bits per heavy atom. The number of unbranched alkanes of at least 4 members (excludes halogenated alkanes) is 1. The third kappa shape index (κ3) is 4.62. The third-order valence-electron chi connectivity index (χ3n) is 2.44. The molecule has 100 valence electrons. The minimum Gasteiger partial charge on any atom is -0.480 e. The second-order valence-corrected chi connectivity index (χ2v) is 4.02. The van der Waals surface area contributed by atoms with E-state index in [-0.39, 0.29) is 6.54 Å². The molecule has 0 radical (unpaired) electrons. The summed E-state index contributed by atoms with van der Waals surface area (Å²) in [5.41, 5.74) is 0. The van der Waals surface area contributed by atoms with Gasteiger partial charge in [0.05, 0.1) is 13.1 Å². The summed E-state index contributed by atoms with van der Waals surface area (Å²) in [6, 6.07) is 0. The van der Waals surface area contributed by atoms with Gasteiger partial charge in [-0.1, -0.05) is 19.4 Å². The van der Waals surface area contributed by atoms with Crippen LogP contribution in [0.25, 0.3) is 0 Å². The number of carbonyl (C=O) groups is 1. The molecule has 7 nitrogen and oxygen atoms in total. The van der Waals surface area contributed by atoms with Crippen LogP contribution in [0.3, 0.4) is 0 Å². The maximum absolute atomic E-state index is 10.7. The van der Waals surface area contributed by atoms with Crippen molar-refractivity contribution < 1.29 is 9.90 Å². The minimum atomic E-state index is -0.871. The summed E-state index contributed by atoms with van der Waals surface area (Å²) in [6.45, 7) is 7.33. The van der Waals surface area contributed by atoms with Crippen molar-refractivity contribution >= 4 is 5.97 Å². The van der Waals surface area contributed by atoms with Crippen LogP contribution in [0.1, 0.15) is 25.6 Å². The van der Waals surface area contributed by atoms with Crippen molar-refractivity contribution in [1.82, 2.24) is 25.1 Å². The number of tetrazole rings is 1. The fraction of sp³-hybridized carbons (Fsp3) is 0.636. The number of nitrogens with zero attached hydrogens (tertiary/aromatic N) is 5. The van der Waals surface area contributed by atoms with Crippen molar-refractivity contribution in [3.05, 3.63) is 18.5 Å². The first-order chi connectivity index (χ1) is 8.67. The predicted molar refractivity (Wildman–Crippen MR) is 65.8 cm³/mol. The highest BCUT2D eigenvalue weighted by atomic mass is 16.4. The average molecular weight is 253 g/mol. The van der Waals surface area contributed by atoms with Crippen LogP contribution in [0.4, 0.5) is 0 Å². The average Bonchev–Trinajstić information content (AvgIpc) is 2.73. The zero-order valence-electron chi connectivity index (χ0n) is 10.6. The fourth-order valence-electron chi connectivity index (χ4n) is 1.58. The summed E-state index contributed by atoms with van der Waals surface area (Å²) in [7, 11) is 0. The number of aromatic nitrogens is 4. The summed E-state index contributed by atoms with van der Waals surface area (Å²) >= 11 is 0. The molecule has 1 N–H and O–H groups in total. The SMILES string of the molecule is C=CCN(CC(=O)O)Cc1nnnn1CCCC. The molecule has 1 rings (SSSR count). The topological polar surface area (TPSA) is 84.1 Å². The lowest BCUT2D eigenvalue weighted by molar-refractivity contribution is -0.138. The first-order valence-corrected chi connectivity index (χ1v) is 5.97. The Bertz CT molecular complexity index is 391. The number of aliphatic carboxylic acids is 1. The maximum Gasteiger partial charge on any atom is 0.317 e. The standard InChI is InChI=1S/C11H19N5O2/c1-3-5-7-16-10(12-13-14-16)8-15(6-4-2)9-11(17)18/h4H,2-3,5-9H2,1H3,(H,17,18). The lowest BCUT2D eigenvalue weighted by Gasteiger charge is -2.17. The van der Waals surface area contributed by atoms with E-state index in [0.717, 1.165) is 19.4 Å². The van der Waals surface area contributed by atoms with Gasteiger partial charge in [-0.15, -0.1) is 11.7 Å². The molecular weight excluding hydrogens is 234 g/mol. The molecule has 0 aliphatic heterocycles. The van der Waals surface area contributed by atoms with Crippen LogP contribution in [0.5, 0.6) is 0 Å². The summed E-state index contributed by atoms with van der Waals surface area (Å²) < 4.78 is 1.72. The van der Waals surface area contributed by atoms with Gasteiger partial charge in [0.25, 0.3) is 0 Å². The maximum atomic E-state index is 10.7. The molecule has 0 bridgehead atoms. The quantitative estimate of drug-likeness (QED) is 0.647. The van der Waals surface area contributed by atoms with Crippen molar-refractivity contribution in [1.29, 1.82) is 0 Å². The Labute approximate surface area is 106 Å². The van der Waals surface area contributed by atoms with Gasteiger partial charge in [-0.2, -0.15) is 0 Å². The Hall–Kier alpha value is -1.76. The van der Waals surface area contributed by atoms with E-state index in [1.165, 1.54) is 0 Å². The van der Waals surface area contributed by atoms with Crippen molar-refractivity contribution in [2.45, 2.75) is 32.9 Å². The number of carboxylic acid groups (broad SMARTS) is 1. The van der Waals surface area contributed by atoms with Crippen molar-refractivity contribution in [3.8, 4) is 0 Å². The molecule has 0 saturated heterocycles. The smallest absolute Gasteiger partial charge is 0.317 e. The minimum absolute atomic E-state index is 0.0490. The van der Waals surface area contributed by atoms with Crippen molar-refractivity contribution in [3.63, 3.8) is 0 Å². The highest BCUT2D eigenvalue weighted by Gasteiger charge is 2.13. The largest absolute Gasteiger partial charge is 0.480 e. The Kier molecular flexibility index (Phi) is 5.99. The molecule has 1 aromatic heterocycles. The normalized spacial score (nSPS) is 10.8. The molecule has 0 atom stereocenters. The van der Waals surface area contributed by atoms with Crippen LogP contribution in [0.2, 0.25) is 0 Å². The molecule has 0 aliphatic carbocycles. The summed E-state index contributed by atoms with van der Waals surface area (Å²) in [5, 5.41) is 20.3. The van der Waals surface area contributed by atoms with Crippen LogP contribution < -0.4 is 0 Å². The first kappa shape index (κ1) is 14.3. The summed E-state index contributed by atoms with van der Waals surface area (Å²) in [5.74, 6) is -0.184. The van der Waals surface area contributed by atoms with Crippen LogP contribution in [0.15, 0.2) is 12.7 Å². The van der Waals surface area contributed by atoms with Gasteiger partial charge in [0.2, 0.25) is 0 Å². The third-order valence-corrected chi connectivity index (χ3v) is 2.44. The van der Waals surface area contributed by atoms with E-state index >= 15 is 0 Å². The molecule has 0 spiro atoms. The monoisotopic (exact) mass is 253 g/mol. The van der Waals surface area contributed by atoms with Gasteiger partial charge in [0.1, 0.15) is 0 Å². The van der Waals surface area contributed by atoms with Crippen LogP contribution in [-0.4, -0.2) is 49.3 Å². The highest BCUT2D eigenvalue weighted by Crippen LogP contribution is 2.02. The van der Waals surface area contributed by atoms with Crippen LogP contribution >= 0.6 is 0 Å². The first-order valence-electron chi connectivity index (χ1n) is 5.97. The highest BCUT2D eigenvalue weighted by molar-refractivity contribution is 5.69. The molecule has 7 heteroatoms. The number of carboxylic acids is 1. The number of hydrogen-bond donors (Lipinski definition) is 1. The van der Waals surface area contributed by atoms with Crippen molar-refractivity contribution in [2.24, 2.45) is 0 Å². The second-order valence-electron chi connectivity index (χ2n) is 4.02. The molecule has 0 amide bonds. The molecule has 0 aliphatic rings. The molecule has 0 unspecified atom stereocenters. The van der Waals surface area contributed by atoms with Gasteiger partial charge in [0.15, 0.2) is 5.82 Å². The Morgan fingerprint density at radius 3 is 3.00 bits per heavy atom. The van der Waals surface area contributed by atoms with Crippen LogP contribution in [-0.2, 0) is 17.9 Å². The Balaban J connectivity index is 2.64. The number of rotatable bonds is 9. The van der Waals surface area contributed by atoms with E-state index < -0.39 is 5.97 Å². The molecule has 1 aromatic rings. The van der Waals surface area contributed by atoms with Gasteiger partial charge >= 0.3 is 5.97 Å². The van der Waals surface area contributed by atoms with Crippen molar-refractivity contribution in [2.75, 3.05) is 13.1 Å². The van der Waals surface area contributed by atoms with Gasteiger partial charge in [-0.25, -0.2) is 4.68 Å². The van der Waals surface area contributed by atoms with Gasteiger partial charge in [0, 0.05) is 13.1 Å². The van der Waals surface area contributed by atoms with Gasteiger partial charge in [-0.05, 0) is 16.8 Å². The predicted octanol–water partition coefficient (Wildman–Crippen LogP) is 0.546. The molecule has 0 aromatic carbocycles. The zero-order chi connectivity index (χ0) is 13.4. The number of aryl methyl sites for hydroxylation is 1. The lowest BCUT2D eigenvalue weighted by atomic mass is 10.3. The second kappa shape index (κ2) is 7.54. The van der Waals surface area contributed by atoms with E-state index in [1.807, 2.05) is 0 Å². The Morgan fingerprint density at radius 2 is 2.39 bits per heavy atom. The van der Waals surface area contributed by atoms with E-state index in [0.29, 0.717) is 18.9 Å². The van der Waals surface area contributed by atoms with E-state index in [2.05, 4.69) is 29.0 Å². The molecule has 18 heavy (non-hydrogen) atoms. The van der Waals surface area contributed by atoms with Crippen LogP contribution in [0, 0.1) is 0 Å². The number of hydrogen-bond acceptors (Lipinski definition) is 5. The molecule has 0 fully saturated rings. The lowest BCUT2D eigenvalue weighted by Crippen LogP contribution is -2.30. The van der Waals surface area contributed by atoms with E-state index in [9.17, 15) is 4.79 Å². The summed E-state index contributed by atoms with van der Waals surface area (Å²) in [4.78, 5) is 12.5. The zero-order valence-corrected chi connectivity index (χ0v) is 10.6. The van der Waals surface area contributed by atoms with Gasteiger partial charge < -0.3 is 5.11 Å². The molecule has 1 heterocycles. The molecular formula is C11H19N5O2. The van der Waals surface area contributed by atoms with Gasteiger partial charge in [-0.3, -0.25) is 9.69 Å². The summed E-state index contributed by atoms with van der Waals surface area (Å²) in [6.07, 6.45) is 3.73. The molecule has 0 saturated carbocycles. The van der Waals surface area contributed by atoms with E-state index in [1.54, 1.807) is 15.7 Å². The fourth-order valence-corrected chi connectivity index (χ4v) is 1.58. The van der Waals surface area contributed by atoms with E-state index in [4.69, 9.17) is 5.11 Å².